The van der Waals surface area contributed by atoms with E-state index in [1.165, 1.54) is 6.20 Å². The summed E-state index contributed by atoms with van der Waals surface area (Å²) in [4.78, 5) is 34.3. The number of nitrogens with one attached hydrogen (secondary N) is 2. The Labute approximate surface area is 233 Å². The summed E-state index contributed by atoms with van der Waals surface area (Å²) in [7, 11) is 0. The fourth-order valence-corrected chi connectivity index (χ4v) is 4.66. The van der Waals surface area contributed by atoms with Crippen molar-refractivity contribution in [2.45, 2.75) is 39.4 Å². The Hall–Kier alpha value is -5.17. The van der Waals surface area contributed by atoms with E-state index in [-0.39, 0.29) is 24.5 Å². The Morgan fingerprint density at radius 1 is 1.12 bits per heavy atom. The zero-order valence-corrected chi connectivity index (χ0v) is 22.3. The second-order valence-corrected chi connectivity index (χ2v) is 9.50. The van der Waals surface area contributed by atoms with Crippen LogP contribution < -0.4 is 10.6 Å². The van der Waals surface area contributed by atoms with Gasteiger partial charge in [-0.2, -0.15) is 5.10 Å². The molecule has 13 nitrogen and oxygen atoms in total. The van der Waals surface area contributed by atoms with Crippen molar-refractivity contribution >= 4 is 29.0 Å². The third kappa shape index (κ3) is 5.47. The fraction of sp³-hybridized carbons (Fsp3) is 0.250. The number of nitrogens with zero attached hydrogens (tertiary/aromatic N) is 6. The number of benzene rings is 1. The molecule has 0 bridgehead atoms. The number of carbonyl (C=O) groups is 2. The highest BCUT2D eigenvalue weighted by atomic mass is 16.5. The number of anilines is 2. The maximum atomic E-state index is 13.0. The van der Waals surface area contributed by atoms with Crippen molar-refractivity contribution in [1.82, 2.24) is 29.8 Å². The van der Waals surface area contributed by atoms with Crippen LogP contribution in [0.1, 0.15) is 52.1 Å². The third-order valence-electron chi connectivity index (χ3n) is 6.58. The van der Waals surface area contributed by atoms with Crippen LogP contribution >= 0.6 is 0 Å². The molecule has 0 aliphatic carbocycles. The van der Waals surface area contributed by atoms with Crippen molar-refractivity contribution < 1.29 is 23.5 Å². The van der Waals surface area contributed by atoms with Crippen molar-refractivity contribution in [2.75, 3.05) is 17.2 Å². The molecular formula is C28H26N8O5. The molecule has 208 valence electrons. The van der Waals surface area contributed by atoms with E-state index in [2.05, 4.69) is 35.9 Å². The summed E-state index contributed by atoms with van der Waals surface area (Å²) in [6.07, 6.45) is 4.67. The van der Waals surface area contributed by atoms with Crippen LogP contribution in [0, 0.1) is 13.8 Å². The number of urea groups is 1. The van der Waals surface area contributed by atoms with Gasteiger partial charge in [-0.05, 0) is 43.9 Å². The molecule has 1 atom stereocenters. The van der Waals surface area contributed by atoms with Gasteiger partial charge >= 0.3 is 17.9 Å². The number of carbonyl (C=O) groups excluding carboxylic acids is 2. The highest BCUT2D eigenvalue weighted by Gasteiger charge is 2.27. The van der Waals surface area contributed by atoms with Crippen LogP contribution in [0.5, 0.6) is 0 Å². The summed E-state index contributed by atoms with van der Waals surface area (Å²) < 4.78 is 18.4. The molecule has 2 amide bonds. The van der Waals surface area contributed by atoms with E-state index in [0.717, 1.165) is 24.1 Å². The van der Waals surface area contributed by atoms with Gasteiger partial charge in [0.25, 0.3) is 5.89 Å². The second kappa shape index (κ2) is 11.1. The number of aromatic nitrogens is 6. The lowest BCUT2D eigenvalue weighted by Crippen LogP contribution is -2.23. The average molecular weight is 555 g/mol. The highest BCUT2D eigenvalue weighted by Crippen LogP contribution is 2.35. The molecule has 0 saturated carbocycles. The van der Waals surface area contributed by atoms with Gasteiger partial charge in [-0.1, -0.05) is 30.3 Å². The van der Waals surface area contributed by atoms with E-state index in [9.17, 15) is 9.59 Å². The van der Waals surface area contributed by atoms with Crippen LogP contribution in [0.15, 0.2) is 59.3 Å². The summed E-state index contributed by atoms with van der Waals surface area (Å²) in [5.41, 5.74) is 4.92. The molecule has 2 N–H and O–H groups in total. The Morgan fingerprint density at radius 2 is 1.98 bits per heavy atom. The topological polar surface area (TPSA) is 159 Å². The lowest BCUT2D eigenvalue weighted by molar-refractivity contribution is 0.0427. The minimum absolute atomic E-state index is 0.0561. The molecule has 13 heteroatoms. The molecule has 5 aromatic rings. The fourth-order valence-electron chi connectivity index (χ4n) is 4.66. The molecule has 5 heterocycles. The summed E-state index contributed by atoms with van der Waals surface area (Å²) >= 11 is 0. The lowest BCUT2D eigenvalue weighted by atomic mass is 10.1. The standard InChI is InChI=1S/C28H26N8O5/c1-16-13-19(14-29-22(16)25-34-35-26(41-25)27(37)40-15-18-7-4-3-5-8-18)32-28(38)33-23-17(2)31-21-10-11-30-36(21)24(23)20-9-6-12-39-20/h3-5,7-8,10-11,13-14,20H,6,9,12,15H2,1-2H3,(H2,32,33,38). The molecule has 1 aromatic carbocycles. The van der Waals surface area contributed by atoms with Gasteiger partial charge in [0.15, 0.2) is 5.65 Å². The summed E-state index contributed by atoms with van der Waals surface area (Å²) in [5, 5.41) is 17.8. The van der Waals surface area contributed by atoms with Crippen molar-refractivity contribution in [2.24, 2.45) is 0 Å². The Balaban J connectivity index is 1.15. The third-order valence-corrected chi connectivity index (χ3v) is 6.58. The van der Waals surface area contributed by atoms with Crippen molar-refractivity contribution in [3.05, 3.63) is 83.3 Å². The smallest absolute Gasteiger partial charge is 0.396 e. The average Bonchev–Trinajstić information content (AvgIpc) is 3.75. The first kappa shape index (κ1) is 26.1. The number of pyridine rings is 1. The van der Waals surface area contributed by atoms with Gasteiger partial charge < -0.3 is 24.5 Å². The van der Waals surface area contributed by atoms with Gasteiger partial charge in [0, 0.05) is 12.7 Å². The molecule has 1 aliphatic rings. The molecule has 0 radical (unpaired) electrons. The van der Waals surface area contributed by atoms with Gasteiger partial charge in [-0.3, -0.25) is 0 Å². The number of amides is 2. The van der Waals surface area contributed by atoms with E-state index in [1.54, 1.807) is 23.7 Å². The summed E-state index contributed by atoms with van der Waals surface area (Å²) in [6, 6.07) is 12.3. The zero-order valence-electron chi connectivity index (χ0n) is 22.3. The van der Waals surface area contributed by atoms with E-state index in [4.69, 9.17) is 13.9 Å². The van der Waals surface area contributed by atoms with Gasteiger partial charge in [0.1, 0.15) is 18.4 Å². The number of fused-ring (bicyclic) bond motifs is 1. The van der Waals surface area contributed by atoms with Crippen LogP contribution in [0.2, 0.25) is 0 Å². The minimum Gasteiger partial charge on any atom is -0.454 e. The number of hydrogen-bond acceptors (Lipinski definition) is 10. The van der Waals surface area contributed by atoms with E-state index in [0.29, 0.717) is 40.6 Å². The minimum atomic E-state index is -0.735. The Morgan fingerprint density at radius 3 is 2.76 bits per heavy atom. The Bertz CT molecular complexity index is 1730. The number of aryl methyl sites for hydroxylation is 2. The molecule has 0 spiro atoms. The molecule has 6 rings (SSSR count). The van der Waals surface area contributed by atoms with Gasteiger partial charge in [0.05, 0.1) is 35.2 Å². The molecular weight excluding hydrogens is 528 g/mol. The normalized spacial score (nSPS) is 14.7. The van der Waals surface area contributed by atoms with Crippen LogP contribution in [0.4, 0.5) is 16.2 Å². The lowest BCUT2D eigenvalue weighted by Gasteiger charge is -2.19. The van der Waals surface area contributed by atoms with Crippen LogP contribution in [0.3, 0.4) is 0 Å². The first-order chi connectivity index (χ1) is 20.0. The van der Waals surface area contributed by atoms with Crippen LogP contribution in [-0.2, 0) is 16.1 Å². The zero-order chi connectivity index (χ0) is 28.3. The highest BCUT2D eigenvalue weighted by molar-refractivity contribution is 6.00. The van der Waals surface area contributed by atoms with Crippen molar-refractivity contribution in [1.29, 1.82) is 0 Å². The second-order valence-electron chi connectivity index (χ2n) is 9.50. The summed E-state index contributed by atoms with van der Waals surface area (Å²) in [5.74, 6) is -0.958. The van der Waals surface area contributed by atoms with E-state index < -0.39 is 12.0 Å². The first-order valence-corrected chi connectivity index (χ1v) is 13.0. The quantitative estimate of drug-likeness (QED) is 0.271. The molecule has 41 heavy (non-hydrogen) atoms. The molecule has 1 aliphatic heterocycles. The van der Waals surface area contributed by atoms with E-state index in [1.807, 2.05) is 43.3 Å². The van der Waals surface area contributed by atoms with Crippen LogP contribution in [0.25, 0.3) is 17.2 Å². The number of ether oxygens (including phenoxy) is 2. The maximum absolute atomic E-state index is 13.0. The maximum Gasteiger partial charge on any atom is 0.396 e. The van der Waals surface area contributed by atoms with Crippen molar-refractivity contribution in [3.63, 3.8) is 0 Å². The molecule has 1 fully saturated rings. The first-order valence-electron chi connectivity index (χ1n) is 13.0. The number of hydrogen-bond donors (Lipinski definition) is 2. The predicted octanol–water partition coefficient (Wildman–Crippen LogP) is 4.64. The number of esters is 1. The number of rotatable bonds is 7. The SMILES string of the molecule is Cc1cc(NC(=O)Nc2c(C)nc3ccnn3c2C2CCCO2)cnc1-c1nnc(C(=O)OCc2ccccc2)o1. The molecule has 1 saturated heterocycles. The van der Waals surface area contributed by atoms with E-state index >= 15 is 0 Å². The predicted molar refractivity (Wildman–Crippen MR) is 146 cm³/mol. The monoisotopic (exact) mass is 554 g/mol. The Kier molecular flexibility index (Phi) is 7.08. The largest absolute Gasteiger partial charge is 0.454 e. The van der Waals surface area contributed by atoms with Gasteiger partial charge in [0.2, 0.25) is 0 Å². The molecule has 1 unspecified atom stereocenters. The summed E-state index contributed by atoms with van der Waals surface area (Å²) in [6.45, 7) is 4.34. The van der Waals surface area contributed by atoms with Gasteiger partial charge in [-0.15, -0.1) is 10.2 Å². The van der Waals surface area contributed by atoms with Crippen molar-refractivity contribution in [3.8, 4) is 11.6 Å². The van der Waals surface area contributed by atoms with Gasteiger partial charge in [-0.25, -0.2) is 24.1 Å². The van der Waals surface area contributed by atoms with Crippen LogP contribution in [-0.4, -0.2) is 48.4 Å². The molecule has 4 aromatic heterocycles.